The van der Waals surface area contributed by atoms with Crippen molar-refractivity contribution in [2.45, 2.75) is 33.2 Å². The second kappa shape index (κ2) is 7.30. The molecule has 1 rings (SSSR count). The maximum atomic E-state index is 5.92. The number of hydrogen-bond donors (Lipinski definition) is 1. The summed E-state index contributed by atoms with van der Waals surface area (Å²) >= 11 is 0. The third-order valence-electron chi connectivity index (χ3n) is 2.49. The Balaban J connectivity index is 2.52. The number of nitrogens with two attached hydrogens (primary N) is 1. The van der Waals surface area contributed by atoms with Crippen LogP contribution in [0.2, 0.25) is 0 Å². The predicted octanol–water partition coefficient (Wildman–Crippen LogP) is 2.82. The quantitative estimate of drug-likeness (QED) is 0.742. The van der Waals surface area contributed by atoms with E-state index in [1.54, 1.807) is 0 Å². The van der Waals surface area contributed by atoms with E-state index in [0.29, 0.717) is 13.2 Å². The van der Waals surface area contributed by atoms with Crippen LogP contribution in [0.3, 0.4) is 0 Å². The van der Waals surface area contributed by atoms with Crippen molar-refractivity contribution in [2.75, 3.05) is 19.8 Å². The van der Waals surface area contributed by atoms with Crippen molar-refractivity contribution in [3.8, 4) is 5.75 Å². The maximum Gasteiger partial charge on any atom is 0.124 e. The minimum atomic E-state index is -0.0125. The highest BCUT2D eigenvalue weighted by molar-refractivity contribution is 5.38. The lowest BCUT2D eigenvalue weighted by Gasteiger charge is -2.14. The molecule has 0 bridgehead atoms. The normalized spacial score (nSPS) is 12.5. The summed E-state index contributed by atoms with van der Waals surface area (Å²) in [4.78, 5) is 0. The number of ether oxygens (including phenoxy) is 2. The molecule has 0 heterocycles. The van der Waals surface area contributed by atoms with Crippen molar-refractivity contribution >= 4 is 0 Å². The van der Waals surface area contributed by atoms with Crippen LogP contribution in [-0.4, -0.2) is 19.8 Å². The molecule has 0 radical (unpaired) electrons. The number of rotatable bonds is 7. The zero-order chi connectivity index (χ0) is 12.7. The molecule has 0 saturated heterocycles. The summed E-state index contributed by atoms with van der Waals surface area (Å²) in [6.45, 7) is 8.10. The van der Waals surface area contributed by atoms with Gasteiger partial charge in [0.2, 0.25) is 0 Å². The lowest BCUT2D eigenvalue weighted by atomic mass is 10.1. The molecule has 0 fully saturated rings. The first-order valence-electron chi connectivity index (χ1n) is 6.21. The van der Waals surface area contributed by atoms with Gasteiger partial charge in [-0.15, -0.1) is 0 Å². The molecule has 0 aliphatic rings. The molecular weight excluding hydrogens is 214 g/mol. The number of aryl methyl sites for hydroxylation is 1. The van der Waals surface area contributed by atoms with Crippen LogP contribution >= 0.6 is 0 Å². The molecule has 0 aliphatic heterocycles. The van der Waals surface area contributed by atoms with Gasteiger partial charge in [-0.05, 0) is 26.3 Å². The molecule has 0 aliphatic carbocycles. The van der Waals surface area contributed by atoms with Crippen LogP contribution < -0.4 is 10.5 Å². The molecule has 1 aromatic carbocycles. The highest BCUT2D eigenvalue weighted by Gasteiger charge is 2.08. The minimum absolute atomic E-state index is 0.0125. The summed E-state index contributed by atoms with van der Waals surface area (Å²) in [5.74, 6) is 0.866. The molecule has 0 unspecified atom stereocenters. The van der Waals surface area contributed by atoms with Crippen molar-refractivity contribution < 1.29 is 9.47 Å². The molecule has 0 amide bonds. The van der Waals surface area contributed by atoms with Gasteiger partial charge in [0.15, 0.2) is 0 Å². The van der Waals surface area contributed by atoms with Gasteiger partial charge in [-0.3, -0.25) is 0 Å². The van der Waals surface area contributed by atoms with Crippen LogP contribution in [-0.2, 0) is 4.74 Å². The molecule has 17 heavy (non-hydrogen) atoms. The minimum Gasteiger partial charge on any atom is -0.491 e. The molecule has 1 aromatic rings. The highest BCUT2D eigenvalue weighted by atomic mass is 16.5. The van der Waals surface area contributed by atoms with Gasteiger partial charge in [0.05, 0.1) is 6.61 Å². The van der Waals surface area contributed by atoms with E-state index < -0.39 is 0 Å². The first kappa shape index (κ1) is 14.0. The Hall–Kier alpha value is -1.06. The van der Waals surface area contributed by atoms with E-state index in [4.69, 9.17) is 15.2 Å². The highest BCUT2D eigenvalue weighted by Crippen LogP contribution is 2.24. The Morgan fingerprint density at radius 3 is 2.65 bits per heavy atom. The van der Waals surface area contributed by atoms with Gasteiger partial charge in [-0.2, -0.15) is 0 Å². The first-order valence-corrected chi connectivity index (χ1v) is 6.21. The van der Waals surface area contributed by atoms with Crippen molar-refractivity contribution in [1.82, 2.24) is 0 Å². The number of hydrogen-bond acceptors (Lipinski definition) is 3. The van der Waals surface area contributed by atoms with E-state index >= 15 is 0 Å². The lowest BCUT2D eigenvalue weighted by molar-refractivity contribution is 0.100. The van der Waals surface area contributed by atoms with Crippen molar-refractivity contribution in [2.24, 2.45) is 5.73 Å². The summed E-state index contributed by atoms with van der Waals surface area (Å²) in [5.41, 5.74) is 8.18. The van der Waals surface area contributed by atoms with Crippen LogP contribution in [0, 0.1) is 6.92 Å². The summed E-state index contributed by atoms with van der Waals surface area (Å²) in [6.07, 6.45) is 1.04. The molecule has 1 atom stereocenters. The first-order chi connectivity index (χ1) is 8.15. The zero-order valence-corrected chi connectivity index (χ0v) is 11.0. The Morgan fingerprint density at radius 1 is 1.24 bits per heavy atom. The van der Waals surface area contributed by atoms with Crippen molar-refractivity contribution in [1.29, 1.82) is 0 Å². The van der Waals surface area contributed by atoms with Gasteiger partial charge in [-0.1, -0.05) is 24.6 Å². The molecular formula is C14H23NO2. The van der Waals surface area contributed by atoms with Crippen molar-refractivity contribution in [3.05, 3.63) is 29.3 Å². The fourth-order valence-electron chi connectivity index (χ4n) is 1.61. The molecule has 96 valence electrons. The van der Waals surface area contributed by atoms with Gasteiger partial charge in [-0.25, -0.2) is 0 Å². The molecule has 0 aromatic heterocycles. The predicted molar refractivity (Wildman–Crippen MR) is 70.4 cm³/mol. The Bertz CT molecular complexity index is 337. The molecule has 2 N–H and O–H groups in total. The van der Waals surface area contributed by atoms with Gasteiger partial charge >= 0.3 is 0 Å². The van der Waals surface area contributed by atoms with E-state index in [-0.39, 0.29) is 6.04 Å². The van der Waals surface area contributed by atoms with Gasteiger partial charge < -0.3 is 15.2 Å². The summed E-state index contributed by atoms with van der Waals surface area (Å²) in [5, 5.41) is 0. The maximum absolute atomic E-state index is 5.92. The Labute approximate surface area is 104 Å². The van der Waals surface area contributed by atoms with E-state index in [1.807, 2.05) is 19.1 Å². The van der Waals surface area contributed by atoms with Gasteiger partial charge in [0.1, 0.15) is 12.4 Å². The van der Waals surface area contributed by atoms with Crippen LogP contribution in [0.1, 0.15) is 37.4 Å². The third kappa shape index (κ3) is 4.75. The fraction of sp³-hybridized carbons (Fsp3) is 0.571. The van der Waals surface area contributed by atoms with E-state index in [9.17, 15) is 0 Å². The van der Waals surface area contributed by atoms with Crippen LogP contribution in [0.5, 0.6) is 5.75 Å². The van der Waals surface area contributed by atoms with Crippen LogP contribution in [0.4, 0.5) is 0 Å². The monoisotopic (exact) mass is 237 g/mol. The van der Waals surface area contributed by atoms with Crippen LogP contribution in [0.25, 0.3) is 0 Å². The van der Waals surface area contributed by atoms with Gasteiger partial charge in [0.25, 0.3) is 0 Å². The number of benzene rings is 1. The molecule has 0 spiro atoms. The molecule has 3 nitrogen and oxygen atoms in total. The summed E-state index contributed by atoms with van der Waals surface area (Å²) in [6, 6.07) is 6.08. The van der Waals surface area contributed by atoms with E-state index in [0.717, 1.165) is 24.3 Å². The fourth-order valence-corrected chi connectivity index (χ4v) is 1.61. The topological polar surface area (TPSA) is 44.5 Å². The SMILES string of the molecule is CCCOCCOc1ccc(C)cc1[C@@H](C)N. The largest absolute Gasteiger partial charge is 0.491 e. The molecule has 3 heteroatoms. The van der Waals surface area contributed by atoms with Crippen molar-refractivity contribution in [3.63, 3.8) is 0 Å². The summed E-state index contributed by atoms with van der Waals surface area (Å²) < 4.78 is 11.1. The second-order valence-electron chi connectivity index (χ2n) is 4.29. The zero-order valence-electron chi connectivity index (χ0n) is 11.0. The molecule has 0 saturated carbocycles. The smallest absolute Gasteiger partial charge is 0.124 e. The standard InChI is InChI=1S/C14H23NO2/c1-4-7-16-8-9-17-14-6-5-11(2)10-13(14)12(3)15/h5-6,10,12H,4,7-9,15H2,1-3H3/t12-/m1/s1. The van der Waals surface area contributed by atoms with E-state index in [2.05, 4.69) is 19.9 Å². The average Bonchev–Trinajstić information content (AvgIpc) is 2.30. The third-order valence-corrected chi connectivity index (χ3v) is 2.49. The summed E-state index contributed by atoms with van der Waals surface area (Å²) in [7, 11) is 0. The second-order valence-corrected chi connectivity index (χ2v) is 4.29. The average molecular weight is 237 g/mol. The van der Waals surface area contributed by atoms with E-state index in [1.165, 1.54) is 5.56 Å². The Morgan fingerprint density at radius 2 is 2.00 bits per heavy atom. The Kier molecular flexibility index (Phi) is 6.01. The lowest BCUT2D eigenvalue weighted by Crippen LogP contribution is -2.11. The van der Waals surface area contributed by atoms with Gasteiger partial charge in [0, 0.05) is 18.2 Å². The van der Waals surface area contributed by atoms with Crippen LogP contribution in [0.15, 0.2) is 18.2 Å².